The van der Waals surface area contributed by atoms with Crippen LogP contribution in [0.2, 0.25) is 0 Å². The molecule has 1 aliphatic heterocycles. The Balaban J connectivity index is 1.89. The minimum atomic E-state index is -0.681. The van der Waals surface area contributed by atoms with Crippen molar-refractivity contribution in [3.63, 3.8) is 0 Å². The summed E-state index contributed by atoms with van der Waals surface area (Å²) in [6.45, 7) is 0. The van der Waals surface area contributed by atoms with Gasteiger partial charge in [0, 0.05) is 11.5 Å². The lowest BCUT2D eigenvalue weighted by Crippen LogP contribution is -2.35. The molecule has 1 aliphatic carbocycles. The SMILES string of the molecule is COC(=O)[C@@H](N)C[C@@H]1CC2(CC2)NC1=O. The summed E-state index contributed by atoms with van der Waals surface area (Å²) in [6, 6.07) is -0.681. The van der Waals surface area contributed by atoms with Crippen molar-refractivity contribution in [2.75, 3.05) is 7.11 Å². The second-order valence-corrected chi connectivity index (χ2v) is 4.54. The lowest BCUT2D eigenvalue weighted by molar-refractivity contribution is -0.142. The van der Waals surface area contributed by atoms with Crippen molar-refractivity contribution in [3.05, 3.63) is 0 Å². The van der Waals surface area contributed by atoms with Gasteiger partial charge in [0.1, 0.15) is 6.04 Å². The number of ether oxygens (including phenoxy) is 1. The van der Waals surface area contributed by atoms with E-state index in [0.29, 0.717) is 6.42 Å². The normalized spacial score (nSPS) is 28.7. The number of nitrogens with one attached hydrogen (secondary N) is 1. The van der Waals surface area contributed by atoms with Crippen LogP contribution in [0.5, 0.6) is 0 Å². The molecule has 0 radical (unpaired) electrons. The summed E-state index contributed by atoms with van der Waals surface area (Å²) < 4.78 is 4.53. The van der Waals surface area contributed by atoms with Crippen LogP contribution in [0.25, 0.3) is 0 Å². The summed E-state index contributed by atoms with van der Waals surface area (Å²) in [5.41, 5.74) is 5.68. The Morgan fingerprint density at radius 3 is 2.87 bits per heavy atom. The molecule has 1 heterocycles. The van der Waals surface area contributed by atoms with Crippen LogP contribution in [0.1, 0.15) is 25.7 Å². The molecule has 15 heavy (non-hydrogen) atoms. The maximum Gasteiger partial charge on any atom is 0.322 e. The van der Waals surface area contributed by atoms with E-state index < -0.39 is 12.0 Å². The highest BCUT2D eigenvalue weighted by molar-refractivity contribution is 5.84. The number of carbonyl (C=O) groups excluding carboxylic acids is 2. The molecule has 0 unspecified atom stereocenters. The highest BCUT2D eigenvalue weighted by Crippen LogP contribution is 2.46. The van der Waals surface area contributed by atoms with Gasteiger partial charge in [-0.25, -0.2) is 0 Å². The molecule has 3 N–H and O–H groups in total. The average molecular weight is 212 g/mol. The zero-order valence-corrected chi connectivity index (χ0v) is 8.79. The Labute approximate surface area is 88.3 Å². The molecule has 1 saturated carbocycles. The first-order chi connectivity index (χ1) is 7.06. The van der Waals surface area contributed by atoms with E-state index in [1.165, 1.54) is 7.11 Å². The standard InChI is InChI=1S/C10H16N2O3/c1-15-9(14)7(11)4-6-5-10(2-3-10)12-8(6)13/h6-7H,2-5,11H2,1H3,(H,12,13)/t6-,7+/m1/s1. The van der Waals surface area contributed by atoms with Gasteiger partial charge in [0.05, 0.1) is 7.11 Å². The van der Waals surface area contributed by atoms with E-state index in [2.05, 4.69) is 10.1 Å². The average Bonchev–Trinajstić information content (AvgIpc) is 2.87. The van der Waals surface area contributed by atoms with E-state index in [-0.39, 0.29) is 17.4 Å². The maximum atomic E-state index is 11.6. The third-order valence-corrected chi connectivity index (χ3v) is 3.29. The minimum absolute atomic E-state index is 0.0341. The fourth-order valence-electron chi connectivity index (χ4n) is 2.20. The molecule has 0 aromatic rings. The predicted octanol–water partition coefficient (Wildman–Crippen LogP) is -0.454. The van der Waals surface area contributed by atoms with Gasteiger partial charge in [-0.05, 0) is 25.7 Å². The largest absolute Gasteiger partial charge is 0.468 e. The van der Waals surface area contributed by atoms with Gasteiger partial charge in [0.25, 0.3) is 0 Å². The number of hydrogen-bond acceptors (Lipinski definition) is 4. The zero-order chi connectivity index (χ0) is 11.1. The Morgan fingerprint density at radius 1 is 1.73 bits per heavy atom. The van der Waals surface area contributed by atoms with Crippen LogP contribution < -0.4 is 11.1 Å². The van der Waals surface area contributed by atoms with Gasteiger partial charge in [-0.2, -0.15) is 0 Å². The van der Waals surface area contributed by atoms with Gasteiger partial charge in [-0.1, -0.05) is 0 Å². The molecule has 2 atom stereocenters. The van der Waals surface area contributed by atoms with Gasteiger partial charge in [0.15, 0.2) is 0 Å². The van der Waals surface area contributed by atoms with Crippen LogP contribution in [0.15, 0.2) is 0 Å². The summed E-state index contributed by atoms with van der Waals surface area (Å²) in [6.07, 6.45) is 3.32. The van der Waals surface area contributed by atoms with E-state index in [0.717, 1.165) is 19.3 Å². The molecule has 0 aromatic heterocycles. The van der Waals surface area contributed by atoms with Crippen LogP contribution in [0.3, 0.4) is 0 Å². The van der Waals surface area contributed by atoms with E-state index in [4.69, 9.17) is 5.73 Å². The molecule has 1 amide bonds. The summed E-state index contributed by atoms with van der Waals surface area (Å²) in [4.78, 5) is 22.7. The summed E-state index contributed by atoms with van der Waals surface area (Å²) in [5.74, 6) is -0.534. The highest BCUT2D eigenvalue weighted by Gasteiger charge is 2.52. The number of methoxy groups -OCH3 is 1. The van der Waals surface area contributed by atoms with Crippen LogP contribution in [0, 0.1) is 5.92 Å². The second kappa shape index (κ2) is 3.48. The molecule has 2 fully saturated rings. The van der Waals surface area contributed by atoms with Crippen LogP contribution in [-0.4, -0.2) is 30.6 Å². The van der Waals surface area contributed by atoms with Gasteiger partial charge in [-0.15, -0.1) is 0 Å². The third-order valence-electron chi connectivity index (χ3n) is 3.29. The smallest absolute Gasteiger partial charge is 0.322 e. The van der Waals surface area contributed by atoms with Crippen molar-refractivity contribution in [3.8, 4) is 0 Å². The first-order valence-corrected chi connectivity index (χ1v) is 5.22. The Hall–Kier alpha value is -1.10. The van der Waals surface area contributed by atoms with Gasteiger partial charge < -0.3 is 15.8 Å². The predicted molar refractivity (Wildman–Crippen MR) is 52.8 cm³/mol. The monoisotopic (exact) mass is 212 g/mol. The zero-order valence-electron chi connectivity index (χ0n) is 8.79. The number of hydrogen-bond donors (Lipinski definition) is 2. The minimum Gasteiger partial charge on any atom is -0.468 e. The molecule has 5 nitrogen and oxygen atoms in total. The van der Waals surface area contributed by atoms with Crippen molar-refractivity contribution < 1.29 is 14.3 Å². The highest BCUT2D eigenvalue weighted by atomic mass is 16.5. The van der Waals surface area contributed by atoms with E-state index in [1.54, 1.807) is 0 Å². The van der Waals surface area contributed by atoms with Gasteiger partial charge >= 0.3 is 5.97 Å². The van der Waals surface area contributed by atoms with Crippen molar-refractivity contribution in [1.82, 2.24) is 5.32 Å². The molecule has 84 valence electrons. The van der Waals surface area contributed by atoms with Crippen LogP contribution >= 0.6 is 0 Å². The van der Waals surface area contributed by atoms with Crippen molar-refractivity contribution in [2.45, 2.75) is 37.3 Å². The molecule has 1 spiro atoms. The number of nitrogens with two attached hydrogens (primary N) is 1. The van der Waals surface area contributed by atoms with Crippen LogP contribution in [0.4, 0.5) is 0 Å². The third kappa shape index (κ3) is 1.97. The molecule has 2 aliphatic rings. The molecule has 2 rings (SSSR count). The topological polar surface area (TPSA) is 81.4 Å². The lowest BCUT2D eigenvalue weighted by atomic mass is 9.96. The van der Waals surface area contributed by atoms with E-state index in [1.807, 2.05) is 0 Å². The number of carbonyl (C=O) groups is 2. The molecule has 5 heteroatoms. The van der Waals surface area contributed by atoms with Gasteiger partial charge in [-0.3, -0.25) is 9.59 Å². The first-order valence-electron chi connectivity index (χ1n) is 5.22. The van der Waals surface area contributed by atoms with Crippen molar-refractivity contribution >= 4 is 11.9 Å². The lowest BCUT2D eigenvalue weighted by Gasteiger charge is -2.12. The fourth-order valence-corrected chi connectivity index (χ4v) is 2.20. The van der Waals surface area contributed by atoms with Gasteiger partial charge in [0.2, 0.25) is 5.91 Å². The summed E-state index contributed by atoms with van der Waals surface area (Å²) >= 11 is 0. The van der Waals surface area contributed by atoms with Crippen molar-refractivity contribution in [2.24, 2.45) is 11.7 Å². The Bertz CT molecular complexity index is 299. The Morgan fingerprint density at radius 2 is 2.40 bits per heavy atom. The molecule has 0 bridgehead atoms. The van der Waals surface area contributed by atoms with E-state index >= 15 is 0 Å². The number of rotatable bonds is 3. The number of esters is 1. The molecular weight excluding hydrogens is 196 g/mol. The number of amides is 1. The molecular formula is C10H16N2O3. The van der Waals surface area contributed by atoms with Crippen molar-refractivity contribution in [1.29, 1.82) is 0 Å². The Kier molecular flexibility index (Phi) is 2.42. The fraction of sp³-hybridized carbons (Fsp3) is 0.800. The quantitative estimate of drug-likeness (QED) is 0.620. The first kappa shape index (κ1) is 10.4. The molecule has 1 saturated heterocycles. The summed E-state index contributed by atoms with van der Waals surface area (Å²) in [5, 5.41) is 2.97. The molecule has 0 aromatic carbocycles. The summed E-state index contributed by atoms with van der Waals surface area (Å²) in [7, 11) is 1.30. The van der Waals surface area contributed by atoms with E-state index in [9.17, 15) is 9.59 Å². The maximum absolute atomic E-state index is 11.6. The van der Waals surface area contributed by atoms with Crippen LogP contribution in [-0.2, 0) is 14.3 Å². The second-order valence-electron chi connectivity index (χ2n) is 4.54.